The molecule has 0 aliphatic carbocycles. The Labute approximate surface area is 127 Å². The predicted molar refractivity (Wildman–Crippen MR) is 81.0 cm³/mol. The lowest BCUT2D eigenvalue weighted by atomic mass is 10.1. The highest BCUT2D eigenvalue weighted by Gasteiger charge is 2.11. The van der Waals surface area contributed by atoms with Crippen LogP contribution in [0.4, 0.5) is 14.9 Å². The smallest absolute Gasteiger partial charge is 0.409 e. The summed E-state index contributed by atoms with van der Waals surface area (Å²) in [5, 5.41) is 12.1. The molecule has 0 spiro atoms. The van der Waals surface area contributed by atoms with Gasteiger partial charge in [-0.2, -0.15) is 0 Å². The molecule has 0 unspecified atom stereocenters. The van der Waals surface area contributed by atoms with Crippen molar-refractivity contribution in [2.24, 2.45) is 5.73 Å². The highest BCUT2D eigenvalue weighted by Crippen LogP contribution is 2.24. The minimum absolute atomic E-state index is 0.244. The number of para-hydroxylation sites is 1. The Morgan fingerprint density at radius 1 is 1.32 bits per heavy atom. The van der Waals surface area contributed by atoms with Crippen LogP contribution in [0, 0.1) is 12.7 Å². The number of halogens is 1. The Morgan fingerprint density at radius 2 is 2.05 bits per heavy atom. The number of aliphatic hydroxyl groups excluding tert-OH is 1. The lowest BCUT2D eigenvalue weighted by Crippen LogP contribution is -2.17. The van der Waals surface area contributed by atoms with E-state index in [1.807, 2.05) is 0 Å². The third-order valence-corrected chi connectivity index (χ3v) is 3.29. The fourth-order valence-electron chi connectivity index (χ4n) is 2.10. The van der Waals surface area contributed by atoms with Crippen molar-refractivity contribution < 1.29 is 19.0 Å². The zero-order chi connectivity index (χ0) is 16.1. The topological polar surface area (TPSA) is 84.6 Å². The van der Waals surface area contributed by atoms with Crippen LogP contribution in [0.5, 0.6) is 5.75 Å². The summed E-state index contributed by atoms with van der Waals surface area (Å²) in [7, 11) is 0. The van der Waals surface area contributed by atoms with E-state index in [0.717, 1.165) is 0 Å². The number of anilines is 1. The van der Waals surface area contributed by atoms with Gasteiger partial charge in [-0.15, -0.1) is 0 Å². The van der Waals surface area contributed by atoms with Crippen molar-refractivity contribution >= 4 is 11.8 Å². The number of hydrogen-bond donors (Lipinski definition) is 3. The van der Waals surface area contributed by atoms with Gasteiger partial charge < -0.3 is 20.9 Å². The highest BCUT2D eigenvalue weighted by molar-refractivity contribution is 5.68. The maximum Gasteiger partial charge on any atom is 0.409 e. The Bertz CT molecular complexity index is 689. The summed E-state index contributed by atoms with van der Waals surface area (Å²) < 4.78 is 19.1. The number of primary amides is 1. The summed E-state index contributed by atoms with van der Waals surface area (Å²) in [4.78, 5) is 10.9. The van der Waals surface area contributed by atoms with Crippen LogP contribution < -0.4 is 15.8 Å². The van der Waals surface area contributed by atoms with Crippen molar-refractivity contribution in [3.63, 3.8) is 0 Å². The van der Waals surface area contributed by atoms with Crippen molar-refractivity contribution in [1.29, 1.82) is 0 Å². The van der Waals surface area contributed by atoms with Gasteiger partial charge in [0.2, 0.25) is 0 Å². The van der Waals surface area contributed by atoms with E-state index in [1.165, 1.54) is 0 Å². The molecule has 0 radical (unpaired) electrons. The van der Waals surface area contributed by atoms with Gasteiger partial charge in [0.25, 0.3) is 0 Å². The summed E-state index contributed by atoms with van der Waals surface area (Å²) in [6, 6.07) is 10.1. The molecule has 0 saturated carbocycles. The third-order valence-electron chi connectivity index (χ3n) is 3.29. The second-order valence-corrected chi connectivity index (χ2v) is 4.76. The van der Waals surface area contributed by atoms with E-state index in [1.54, 1.807) is 43.3 Å². The van der Waals surface area contributed by atoms with Crippen LogP contribution in [-0.4, -0.2) is 11.2 Å². The standard InChI is InChI=1S/C16H17FN2O3/c1-10-6-7-13(15(17)12(10)9-20)19-8-11-4-2-3-5-14(11)22-16(18)21/h2-7,19-20H,8-9H2,1H3,(H2,18,21). The fraction of sp³-hybridized carbons (Fsp3) is 0.188. The fourth-order valence-corrected chi connectivity index (χ4v) is 2.10. The number of ether oxygens (including phenoxy) is 1. The maximum absolute atomic E-state index is 14.2. The van der Waals surface area contributed by atoms with Crippen LogP contribution in [0.3, 0.4) is 0 Å². The molecule has 0 saturated heterocycles. The third kappa shape index (κ3) is 3.53. The SMILES string of the molecule is Cc1ccc(NCc2ccccc2OC(N)=O)c(F)c1CO. The van der Waals surface area contributed by atoms with Gasteiger partial charge in [-0.25, -0.2) is 9.18 Å². The highest BCUT2D eigenvalue weighted by atomic mass is 19.1. The van der Waals surface area contributed by atoms with Gasteiger partial charge in [-0.3, -0.25) is 0 Å². The average molecular weight is 304 g/mol. The molecule has 0 aromatic heterocycles. The largest absolute Gasteiger partial charge is 0.410 e. The molecule has 0 atom stereocenters. The van der Waals surface area contributed by atoms with Crippen molar-refractivity contribution in [2.75, 3.05) is 5.32 Å². The maximum atomic E-state index is 14.2. The molecule has 0 aliphatic rings. The summed E-state index contributed by atoms with van der Waals surface area (Å²) in [6.45, 7) is 1.61. The number of aliphatic hydroxyl groups is 1. The Kier molecular flexibility index (Phi) is 4.95. The normalized spacial score (nSPS) is 10.3. The molecule has 0 heterocycles. The predicted octanol–water partition coefficient (Wildman–Crippen LogP) is 2.70. The molecule has 6 heteroatoms. The van der Waals surface area contributed by atoms with E-state index in [-0.39, 0.29) is 24.4 Å². The molecule has 0 aliphatic heterocycles. The number of amides is 1. The van der Waals surface area contributed by atoms with Gasteiger partial charge in [-0.1, -0.05) is 24.3 Å². The number of rotatable bonds is 5. The average Bonchev–Trinajstić information content (AvgIpc) is 2.48. The monoisotopic (exact) mass is 304 g/mol. The van der Waals surface area contributed by atoms with Gasteiger partial charge in [0.05, 0.1) is 12.3 Å². The Morgan fingerprint density at radius 3 is 2.73 bits per heavy atom. The Balaban J connectivity index is 2.19. The first-order chi connectivity index (χ1) is 10.5. The van der Waals surface area contributed by atoms with Crippen molar-refractivity contribution in [3.05, 3.63) is 58.9 Å². The van der Waals surface area contributed by atoms with Crippen LogP contribution in [0.1, 0.15) is 16.7 Å². The number of aryl methyl sites for hydroxylation is 1. The number of benzene rings is 2. The van der Waals surface area contributed by atoms with Crippen LogP contribution in [0.15, 0.2) is 36.4 Å². The van der Waals surface area contributed by atoms with Crippen LogP contribution in [0.25, 0.3) is 0 Å². The molecule has 22 heavy (non-hydrogen) atoms. The second-order valence-electron chi connectivity index (χ2n) is 4.76. The minimum atomic E-state index is -0.906. The molecule has 0 bridgehead atoms. The zero-order valence-electron chi connectivity index (χ0n) is 12.1. The number of hydrogen-bond acceptors (Lipinski definition) is 4. The zero-order valence-corrected chi connectivity index (χ0v) is 12.1. The molecule has 5 nitrogen and oxygen atoms in total. The minimum Gasteiger partial charge on any atom is -0.410 e. The Hall–Kier alpha value is -2.60. The van der Waals surface area contributed by atoms with Crippen LogP contribution >= 0.6 is 0 Å². The number of nitrogens with two attached hydrogens (primary N) is 1. The molecular weight excluding hydrogens is 287 g/mol. The summed E-state index contributed by atoms with van der Waals surface area (Å²) >= 11 is 0. The van der Waals surface area contributed by atoms with Gasteiger partial charge in [-0.05, 0) is 24.6 Å². The van der Waals surface area contributed by atoms with Gasteiger partial charge in [0, 0.05) is 17.7 Å². The van der Waals surface area contributed by atoms with E-state index < -0.39 is 11.9 Å². The summed E-state index contributed by atoms with van der Waals surface area (Å²) in [6.07, 6.45) is -0.906. The molecule has 116 valence electrons. The van der Waals surface area contributed by atoms with E-state index in [9.17, 15) is 14.3 Å². The molecule has 2 aromatic rings. The summed E-state index contributed by atoms with van der Waals surface area (Å²) in [5.41, 5.74) is 6.88. The van der Waals surface area contributed by atoms with E-state index in [2.05, 4.69) is 5.32 Å². The van der Waals surface area contributed by atoms with Crippen molar-refractivity contribution in [3.8, 4) is 5.75 Å². The van der Waals surface area contributed by atoms with E-state index >= 15 is 0 Å². The van der Waals surface area contributed by atoms with Gasteiger partial charge in [0.1, 0.15) is 5.75 Å². The summed E-state index contributed by atoms with van der Waals surface area (Å²) in [5.74, 6) is -0.173. The van der Waals surface area contributed by atoms with Crippen molar-refractivity contribution in [2.45, 2.75) is 20.1 Å². The quantitative estimate of drug-likeness (QED) is 0.793. The van der Waals surface area contributed by atoms with Crippen molar-refractivity contribution in [1.82, 2.24) is 0 Å². The number of carbonyl (C=O) groups excluding carboxylic acids is 1. The van der Waals surface area contributed by atoms with Gasteiger partial charge in [0.15, 0.2) is 5.82 Å². The first-order valence-electron chi connectivity index (χ1n) is 6.70. The number of nitrogens with one attached hydrogen (secondary N) is 1. The molecule has 2 rings (SSSR count). The first-order valence-corrected chi connectivity index (χ1v) is 6.70. The molecule has 2 aromatic carbocycles. The number of carbonyl (C=O) groups is 1. The lowest BCUT2D eigenvalue weighted by Gasteiger charge is -2.13. The van der Waals surface area contributed by atoms with Crippen LogP contribution in [0.2, 0.25) is 0 Å². The van der Waals surface area contributed by atoms with E-state index in [4.69, 9.17) is 10.5 Å². The lowest BCUT2D eigenvalue weighted by molar-refractivity contribution is 0.210. The first kappa shape index (κ1) is 15.8. The molecule has 1 amide bonds. The van der Waals surface area contributed by atoms with Gasteiger partial charge >= 0.3 is 6.09 Å². The molecule has 0 fully saturated rings. The second kappa shape index (κ2) is 6.91. The molecular formula is C16H17FN2O3. The van der Waals surface area contributed by atoms with E-state index in [0.29, 0.717) is 16.9 Å². The van der Waals surface area contributed by atoms with Crippen LogP contribution in [-0.2, 0) is 13.2 Å². The molecule has 4 N–H and O–H groups in total.